The topological polar surface area (TPSA) is 68.1 Å². The van der Waals surface area contributed by atoms with Crippen LogP contribution in [0.1, 0.15) is 47.0 Å². The normalized spacial score (nSPS) is 21.0. The Kier molecular flexibility index (Phi) is 4.15. The number of nitro groups is 1. The van der Waals surface area contributed by atoms with Gasteiger partial charge in [0.05, 0.1) is 9.95 Å². The molecule has 1 aromatic rings. The van der Waals surface area contributed by atoms with Crippen LogP contribution in [-0.2, 0) is 0 Å². The highest BCUT2D eigenvalue weighted by Gasteiger charge is 2.38. The third-order valence-corrected chi connectivity index (χ3v) is 4.22. The number of nitrogens with one attached hydrogen (secondary N) is 1. The zero-order valence-corrected chi connectivity index (χ0v) is 13.7. The third kappa shape index (κ3) is 4.06. The van der Waals surface area contributed by atoms with Crippen LogP contribution in [0, 0.1) is 20.9 Å². The predicted octanol–water partition coefficient (Wildman–Crippen LogP) is 4.66. The maximum atomic E-state index is 10.7. The molecule has 21 heavy (non-hydrogen) atoms. The summed E-state index contributed by atoms with van der Waals surface area (Å²) in [5, 5.41) is 14.4. The van der Waals surface area contributed by atoms with Crippen molar-refractivity contribution in [3.05, 3.63) is 27.4 Å². The van der Waals surface area contributed by atoms with Gasteiger partial charge in [0.1, 0.15) is 12.0 Å². The van der Waals surface area contributed by atoms with Crippen LogP contribution in [0.4, 0.5) is 11.5 Å². The van der Waals surface area contributed by atoms with E-state index in [4.69, 9.17) is 11.6 Å². The van der Waals surface area contributed by atoms with Gasteiger partial charge in [0.15, 0.2) is 0 Å². The number of nitrogens with zero attached hydrogens (tertiary/aromatic N) is 2. The van der Waals surface area contributed by atoms with Crippen LogP contribution in [0.15, 0.2) is 12.3 Å². The number of hydrogen-bond donors (Lipinski definition) is 1. The first-order chi connectivity index (χ1) is 9.58. The van der Waals surface area contributed by atoms with Crippen molar-refractivity contribution in [3.63, 3.8) is 0 Å². The first-order valence-electron chi connectivity index (χ1n) is 7.14. The Morgan fingerprint density at radius 3 is 2.38 bits per heavy atom. The van der Waals surface area contributed by atoms with Crippen molar-refractivity contribution in [3.8, 4) is 0 Å². The van der Waals surface area contributed by atoms with Crippen LogP contribution in [-0.4, -0.2) is 15.9 Å². The molecule has 1 aliphatic carbocycles. The molecule has 0 atom stereocenters. The van der Waals surface area contributed by atoms with Gasteiger partial charge in [0, 0.05) is 12.1 Å². The lowest BCUT2D eigenvalue weighted by molar-refractivity contribution is -0.385. The SMILES string of the molecule is CC1(C)CC(Nc2ncc([N+](=O)[O-])cc2Cl)CC(C)(C)C1. The fourth-order valence-corrected chi connectivity index (χ4v) is 3.99. The third-order valence-electron chi connectivity index (χ3n) is 3.93. The van der Waals surface area contributed by atoms with Crippen molar-refractivity contribution >= 4 is 23.1 Å². The summed E-state index contributed by atoms with van der Waals surface area (Å²) in [5.41, 5.74) is 0.425. The Balaban J connectivity index is 2.16. The molecule has 6 heteroatoms. The second-order valence-corrected chi connectivity index (χ2v) is 7.94. The van der Waals surface area contributed by atoms with E-state index in [0.717, 1.165) is 12.8 Å². The standard InChI is InChI=1S/C15H22ClN3O2/c1-14(2)6-10(7-15(3,4)9-14)18-13-12(16)5-11(8-17-13)19(20)21/h5,8,10H,6-7,9H2,1-4H3,(H,17,18). The summed E-state index contributed by atoms with van der Waals surface area (Å²) in [4.78, 5) is 14.3. The van der Waals surface area contributed by atoms with Crippen molar-refractivity contribution in [1.29, 1.82) is 0 Å². The molecule has 0 unspecified atom stereocenters. The van der Waals surface area contributed by atoms with Crippen LogP contribution in [0.2, 0.25) is 5.02 Å². The Morgan fingerprint density at radius 1 is 1.33 bits per heavy atom. The molecule has 1 N–H and O–H groups in total. The number of anilines is 1. The van der Waals surface area contributed by atoms with Crippen LogP contribution in [0.5, 0.6) is 0 Å². The van der Waals surface area contributed by atoms with Gasteiger partial charge >= 0.3 is 0 Å². The van der Waals surface area contributed by atoms with E-state index < -0.39 is 4.92 Å². The van der Waals surface area contributed by atoms with E-state index in [1.165, 1.54) is 18.7 Å². The second-order valence-electron chi connectivity index (χ2n) is 7.54. The minimum atomic E-state index is -0.491. The number of halogens is 1. The minimum absolute atomic E-state index is 0.0881. The van der Waals surface area contributed by atoms with E-state index in [1.807, 2.05) is 0 Å². The largest absolute Gasteiger partial charge is 0.366 e. The van der Waals surface area contributed by atoms with E-state index in [9.17, 15) is 10.1 Å². The number of rotatable bonds is 3. The molecule has 1 fully saturated rings. The van der Waals surface area contributed by atoms with Gasteiger partial charge in [-0.05, 0) is 30.1 Å². The quantitative estimate of drug-likeness (QED) is 0.651. The average molecular weight is 312 g/mol. The van der Waals surface area contributed by atoms with Crippen LogP contribution in [0.25, 0.3) is 0 Å². The Morgan fingerprint density at radius 2 is 1.90 bits per heavy atom. The van der Waals surface area contributed by atoms with Gasteiger partial charge < -0.3 is 5.32 Å². The highest BCUT2D eigenvalue weighted by atomic mass is 35.5. The Bertz CT molecular complexity index is 542. The van der Waals surface area contributed by atoms with Crippen LogP contribution >= 0.6 is 11.6 Å². The summed E-state index contributed by atoms with van der Waals surface area (Å²) in [6, 6.07) is 1.62. The first-order valence-corrected chi connectivity index (χ1v) is 7.52. The Labute approximate surface area is 130 Å². The number of pyridine rings is 1. The predicted molar refractivity (Wildman–Crippen MR) is 84.7 cm³/mol. The van der Waals surface area contributed by atoms with Crippen molar-refractivity contribution in [2.45, 2.75) is 53.0 Å². The molecule has 0 amide bonds. The Hall–Kier alpha value is -1.36. The maximum absolute atomic E-state index is 10.7. The molecule has 1 heterocycles. The lowest BCUT2D eigenvalue weighted by atomic mass is 9.63. The van der Waals surface area contributed by atoms with Gasteiger partial charge in [-0.3, -0.25) is 10.1 Å². The average Bonchev–Trinajstić information content (AvgIpc) is 2.27. The fourth-order valence-electron chi connectivity index (χ4n) is 3.78. The summed E-state index contributed by atoms with van der Waals surface area (Å²) in [6.45, 7) is 9.09. The highest BCUT2D eigenvalue weighted by molar-refractivity contribution is 6.33. The van der Waals surface area contributed by atoms with Crippen LogP contribution < -0.4 is 5.32 Å². The van der Waals surface area contributed by atoms with E-state index in [-0.39, 0.29) is 22.6 Å². The molecule has 1 aliphatic rings. The molecular weight excluding hydrogens is 290 g/mol. The first kappa shape index (κ1) is 16.0. The summed E-state index contributed by atoms with van der Waals surface area (Å²) in [6.07, 6.45) is 4.49. The minimum Gasteiger partial charge on any atom is -0.366 e. The monoisotopic (exact) mass is 311 g/mol. The van der Waals surface area contributed by atoms with E-state index in [1.54, 1.807) is 0 Å². The molecule has 1 aromatic heterocycles. The molecule has 0 aliphatic heterocycles. The lowest BCUT2D eigenvalue weighted by Crippen LogP contribution is -2.40. The molecule has 116 valence electrons. The molecule has 0 saturated heterocycles. The van der Waals surface area contributed by atoms with E-state index in [2.05, 4.69) is 38.0 Å². The van der Waals surface area contributed by atoms with E-state index >= 15 is 0 Å². The smallest absolute Gasteiger partial charge is 0.289 e. The fraction of sp³-hybridized carbons (Fsp3) is 0.667. The molecule has 2 rings (SSSR count). The van der Waals surface area contributed by atoms with Gasteiger partial charge in [0.25, 0.3) is 5.69 Å². The summed E-state index contributed by atoms with van der Waals surface area (Å²) >= 11 is 6.11. The van der Waals surface area contributed by atoms with Gasteiger partial charge in [0.2, 0.25) is 0 Å². The van der Waals surface area contributed by atoms with Crippen molar-refractivity contribution in [1.82, 2.24) is 4.98 Å². The van der Waals surface area contributed by atoms with E-state index in [0.29, 0.717) is 10.8 Å². The highest BCUT2D eigenvalue weighted by Crippen LogP contribution is 2.46. The molecule has 5 nitrogen and oxygen atoms in total. The van der Waals surface area contributed by atoms with Crippen molar-refractivity contribution in [2.24, 2.45) is 10.8 Å². The summed E-state index contributed by atoms with van der Waals surface area (Å²) in [5.74, 6) is 0.528. The van der Waals surface area contributed by atoms with Gasteiger partial charge in [-0.1, -0.05) is 39.3 Å². The number of hydrogen-bond acceptors (Lipinski definition) is 4. The van der Waals surface area contributed by atoms with Gasteiger partial charge in [-0.2, -0.15) is 0 Å². The molecule has 0 bridgehead atoms. The molecule has 0 aromatic carbocycles. The molecule has 1 saturated carbocycles. The van der Waals surface area contributed by atoms with Crippen LogP contribution in [0.3, 0.4) is 0 Å². The van der Waals surface area contributed by atoms with Crippen molar-refractivity contribution < 1.29 is 4.92 Å². The molecule has 0 radical (unpaired) electrons. The summed E-state index contributed by atoms with van der Waals surface area (Å²) < 4.78 is 0. The maximum Gasteiger partial charge on any atom is 0.289 e. The lowest BCUT2D eigenvalue weighted by Gasteiger charge is -2.45. The number of aromatic nitrogens is 1. The molecular formula is C15H22ClN3O2. The van der Waals surface area contributed by atoms with Gasteiger partial charge in [-0.25, -0.2) is 4.98 Å². The zero-order chi connectivity index (χ0) is 15.8. The van der Waals surface area contributed by atoms with Crippen molar-refractivity contribution in [2.75, 3.05) is 5.32 Å². The zero-order valence-electron chi connectivity index (χ0n) is 12.9. The van der Waals surface area contributed by atoms with Gasteiger partial charge in [-0.15, -0.1) is 0 Å². The second kappa shape index (κ2) is 5.44. The summed E-state index contributed by atoms with van der Waals surface area (Å²) in [7, 11) is 0. The molecule has 0 spiro atoms.